The molecule has 0 spiro atoms. The van der Waals surface area contributed by atoms with Gasteiger partial charge in [0.2, 0.25) is 0 Å². The van der Waals surface area contributed by atoms with E-state index in [4.69, 9.17) is 4.42 Å². The second-order valence-corrected chi connectivity index (χ2v) is 3.80. The van der Waals surface area contributed by atoms with Crippen molar-refractivity contribution in [3.05, 3.63) is 24.2 Å². The number of hydrogen-bond donors (Lipinski definition) is 2. The summed E-state index contributed by atoms with van der Waals surface area (Å²) in [6.07, 6.45) is 0.511. The summed E-state index contributed by atoms with van der Waals surface area (Å²) in [6.45, 7) is 5.31. The zero-order valence-electron chi connectivity index (χ0n) is 8.19. The van der Waals surface area contributed by atoms with Gasteiger partial charge in [-0.15, -0.1) is 0 Å². The first-order valence-corrected chi connectivity index (χ1v) is 4.40. The van der Waals surface area contributed by atoms with Crippen molar-refractivity contribution in [2.45, 2.75) is 32.5 Å². The predicted octanol–water partition coefficient (Wildman–Crippen LogP) is 1.72. The first kappa shape index (κ1) is 10.3. The lowest BCUT2D eigenvalue weighted by atomic mass is 9.86. The minimum absolute atomic E-state index is 0.0346. The van der Waals surface area contributed by atoms with Crippen LogP contribution in [0, 0.1) is 5.92 Å². The van der Waals surface area contributed by atoms with Gasteiger partial charge in [-0.05, 0) is 25.0 Å². The number of aliphatic hydroxyl groups is 2. The highest BCUT2D eigenvalue weighted by Gasteiger charge is 2.36. The molecule has 0 aliphatic carbocycles. The van der Waals surface area contributed by atoms with Gasteiger partial charge in [0.1, 0.15) is 11.9 Å². The highest BCUT2D eigenvalue weighted by atomic mass is 16.4. The van der Waals surface area contributed by atoms with Gasteiger partial charge in [0.05, 0.1) is 11.9 Å². The van der Waals surface area contributed by atoms with Gasteiger partial charge in [-0.2, -0.15) is 0 Å². The minimum atomic E-state index is -1.15. The smallest absolute Gasteiger partial charge is 0.140 e. The zero-order chi connectivity index (χ0) is 10.1. The zero-order valence-corrected chi connectivity index (χ0v) is 8.19. The lowest BCUT2D eigenvalue weighted by Crippen LogP contribution is -2.38. The molecule has 0 aliphatic rings. The fraction of sp³-hybridized carbons (Fsp3) is 0.600. The molecule has 2 atom stereocenters. The van der Waals surface area contributed by atoms with Crippen molar-refractivity contribution in [3.63, 3.8) is 0 Å². The Morgan fingerprint density at radius 3 is 2.46 bits per heavy atom. The fourth-order valence-corrected chi connectivity index (χ4v) is 1.05. The van der Waals surface area contributed by atoms with Crippen molar-refractivity contribution in [3.8, 4) is 0 Å². The first-order chi connectivity index (χ1) is 5.96. The molecule has 3 nitrogen and oxygen atoms in total. The monoisotopic (exact) mass is 184 g/mol. The summed E-state index contributed by atoms with van der Waals surface area (Å²) in [4.78, 5) is 0. The molecule has 1 aromatic rings. The molecule has 74 valence electrons. The van der Waals surface area contributed by atoms with Crippen LogP contribution in [0.1, 0.15) is 32.6 Å². The third-order valence-electron chi connectivity index (χ3n) is 2.54. The van der Waals surface area contributed by atoms with Crippen LogP contribution in [0.25, 0.3) is 0 Å². The van der Waals surface area contributed by atoms with Crippen LogP contribution in [-0.4, -0.2) is 15.8 Å². The SMILES string of the molecule is CC(C)C(C)(O)C(O)c1ccco1. The molecule has 0 saturated carbocycles. The Kier molecular flexibility index (Phi) is 2.78. The largest absolute Gasteiger partial charge is 0.466 e. The molecule has 0 aromatic carbocycles. The summed E-state index contributed by atoms with van der Waals surface area (Å²) in [5, 5.41) is 19.7. The maximum absolute atomic E-state index is 9.92. The summed E-state index contributed by atoms with van der Waals surface area (Å²) in [7, 11) is 0. The van der Waals surface area contributed by atoms with Crippen molar-refractivity contribution in [1.82, 2.24) is 0 Å². The molecule has 0 fully saturated rings. The number of aliphatic hydroxyl groups excluding tert-OH is 1. The van der Waals surface area contributed by atoms with E-state index >= 15 is 0 Å². The van der Waals surface area contributed by atoms with Gasteiger partial charge in [-0.3, -0.25) is 0 Å². The van der Waals surface area contributed by atoms with Crippen molar-refractivity contribution < 1.29 is 14.6 Å². The van der Waals surface area contributed by atoms with E-state index < -0.39 is 11.7 Å². The van der Waals surface area contributed by atoms with Crippen LogP contribution in [0.3, 0.4) is 0 Å². The van der Waals surface area contributed by atoms with Crippen molar-refractivity contribution in [1.29, 1.82) is 0 Å². The van der Waals surface area contributed by atoms with E-state index in [1.165, 1.54) is 6.26 Å². The van der Waals surface area contributed by atoms with Crippen LogP contribution in [0.5, 0.6) is 0 Å². The Bertz CT molecular complexity index is 249. The Balaban J connectivity index is 2.84. The molecule has 0 aliphatic heterocycles. The Morgan fingerprint density at radius 1 is 1.46 bits per heavy atom. The lowest BCUT2D eigenvalue weighted by molar-refractivity contribution is -0.102. The Morgan fingerprint density at radius 2 is 2.08 bits per heavy atom. The van der Waals surface area contributed by atoms with E-state index in [2.05, 4.69) is 0 Å². The van der Waals surface area contributed by atoms with Crippen LogP contribution in [0.4, 0.5) is 0 Å². The van der Waals surface area contributed by atoms with Gasteiger partial charge in [-0.1, -0.05) is 13.8 Å². The average Bonchev–Trinajstić information content (AvgIpc) is 2.54. The van der Waals surface area contributed by atoms with Gasteiger partial charge < -0.3 is 14.6 Å². The van der Waals surface area contributed by atoms with Gasteiger partial charge in [0.25, 0.3) is 0 Å². The molecule has 3 heteroatoms. The van der Waals surface area contributed by atoms with Crippen LogP contribution in [0.15, 0.2) is 22.8 Å². The molecular weight excluding hydrogens is 168 g/mol. The van der Waals surface area contributed by atoms with Crippen molar-refractivity contribution in [2.75, 3.05) is 0 Å². The first-order valence-electron chi connectivity index (χ1n) is 4.40. The molecule has 0 saturated heterocycles. The third kappa shape index (κ3) is 1.92. The van der Waals surface area contributed by atoms with E-state index in [0.717, 1.165) is 0 Å². The third-order valence-corrected chi connectivity index (χ3v) is 2.54. The lowest BCUT2D eigenvalue weighted by Gasteiger charge is -2.31. The summed E-state index contributed by atoms with van der Waals surface area (Å²) < 4.78 is 5.02. The van der Waals surface area contributed by atoms with Gasteiger partial charge in [0, 0.05) is 0 Å². The molecule has 2 unspecified atom stereocenters. The summed E-state index contributed by atoms with van der Waals surface area (Å²) in [5.74, 6) is 0.367. The molecule has 2 N–H and O–H groups in total. The minimum Gasteiger partial charge on any atom is -0.466 e. The summed E-state index contributed by atoms with van der Waals surface area (Å²) in [5.41, 5.74) is -1.15. The highest BCUT2D eigenvalue weighted by molar-refractivity contribution is 5.07. The Hall–Kier alpha value is -0.800. The second kappa shape index (κ2) is 3.52. The van der Waals surface area contributed by atoms with Crippen LogP contribution >= 0.6 is 0 Å². The average molecular weight is 184 g/mol. The number of rotatable bonds is 3. The number of hydrogen-bond acceptors (Lipinski definition) is 3. The van der Waals surface area contributed by atoms with Gasteiger partial charge in [0.15, 0.2) is 0 Å². The Labute approximate surface area is 78.0 Å². The molecular formula is C10H16O3. The van der Waals surface area contributed by atoms with Gasteiger partial charge in [-0.25, -0.2) is 0 Å². The molecule has 1 heterocycles. The van der Waals surface area contributed by atoms with E-state index in [-0.39, 0.29) is 5.92 Å². The molecule has 0 radical (unpaired) electrons. The van der Waals surface area contributed by atoms with E-state index in [1.54, 1.807) is 19.1 Å². The quantitative estimate of drug-likeness (QED) is 0.752. The topological polar surface area (TPSA) is 53.6 Å². The molecule has 0 amide bonds. The van der Waals surface area contributed by atoms with Crippen LogP contribution in [0.2, 0.25) is 0 Å². The maximum Gasteiger partial charge on any atom is 0.140 e. The van der Waals surface area contributed by atoms with Crippen molar-refractivity contribution in [2.24, 2.45) is 5.92 Å². The fourth-order valence-electron chi connectivity index (χ4n) is 1.05. The molecule has 1 rings (SSSR count). The maximum atomic E-state index is 9.92. The summed E-state index contributed by atoms with van der Waals surface area (Å²) >= 11 is 0. The van der Waals surface area contributed by atoms with E-state index in [0.29, 0.717) is 5.76 Å². The summed E-state index contributed by atoms with van der Waals surface area (Å²) in [6, 6.07) is 3.34. The van der Waals surface area contributed by atoms with Gasteiger partial charge >= 0.3 is 0 Å². The van der Waals surface area contributed by atoms with Crippen LogP contribution < -0.4 is 0 Å². The second-order valence-electron chi connectivity index (χ2n) is 3.80. The molecule has 0 bridgehead atoms. The van der Waals surface area contributed by atoms with E-state index in [9.17, 15) is 10.2 Å². The van der Waals surface area contributed by atoms with Crippen molar-refractivity contribution >= 4 is 0 Å². The normalized spacial score (nSPS) is 18.6. The molecule has 13 heavy (non-hydrogen) atoms. The predicted molar refractivity (Wildman–Crippen MR) is 49.1 cm³/mol. The standard InChI is InChI=1S/C10H16O3/c1-7(2)10(3,12)9(11)8-5-4-6-13-8/h4-7,9,11-12H,1-3H3. The highest BCUT2D eigenvalue weighted by Crippen LogP contribution is 2.31. The molecule has 1 aromatic heterocycles. The van der Waals surface area contributed by atoms with E-state index in [1.807, 2.05) is 13.8 Å². The van der Waals surface area contributed by atoms with Crippen LogP contribution in [-0.2, 0) is 0 Å². The number of furan rings is 1.